The first-order valence-electron chi connectivity index (χ1n) is 12.8. The third kappa shape index (κ3) is 5.01. The van der Waals surface area contributed by atoms with Crippen LogP contribution in [0.1, 0.15) is 45.1 Å². The molecule has 0 spiro atoms. The minimum atomic E-state index is -0.800. The number of hydrogen-bond donors (Lipinski definition) is 1. The summed E-state index contributed by atoms with van der Waals surface area (Å²) in [4.78, 5) is 29.3. The normalized spacial score (nSPS) is 18.5. The van der Waals surface area contributed by atoms with Crippen molar-refractivity contribution < 1.29 is 33.3 Å². The standard InChI is InChI=1S/C30H36N2O7/c1-8-39-29(34)26-24(17-13-22(36-5)27(38-7)23(14-17)37-6)25-20(15-30(2,3)16-21(25)33)32(28(26)31)18-9-11-19(35-4)12-10-18/h9-14,24H,8,15-16,31H2,1-7H3/t24-/m1/s1. The fraction of sp³-hybridized carbons (Fsp3) is 0.400. The highest BCUT2D eigenvalue weighted by Gasteiger charge is 2.47. The van der Waals surface area contributed by atoms with Crippen LogP contribution < -0.4 is 29.6 Å². The largest absolute Gasteiger partial charge is 0.497 e. The van der Waals surface area contributed by atoms with Crippen molar-refractivity contribution in [3.63, 3.8) is 0 Å². The average molecular weight is 537 g/mol. The number of esters is 1. The second-order valence-electron chi connectivity index (χ2n) is 10.2. The molecule has 1 aliphatic carbocycles. The van der Waals surface area contributed by atoms with Crippen molar-refractivity contribution in [2.24, 2.45) is 11.1 Å². The molecule has 208 valence electrons. The van der Waals surface area contributed by atoms with E-state index in [-0.39, 0.29) is 29.2 Å². The Morgan fingerprint density at radius 2 is 1.59 bits per heavy atom. The van der Waals surface area contributed by atoms with Gasteiger partial charge in [-0.05, 0) is 60.7 Å². The lowest BCUT2D eigenvalue weighted by molar-refractivity contribution is -0.138. The fourth-order valence-electron chi connectivity index (χ4n) is 5.45. The lowest BCUT2D eigenvalue weighted by Gasteiger charge is -2.44. The Balaban J connectivity index is 2.06. The van der Waals surface area contributed by atoms with Crippen LogP contribution in [-0.2, 0) is 14.3 Å². The van der Waals surface area contributed by atoms with Crippen LogP contribution in [0.15, 0.2) is 59.1 Å². The maximum absolute atomic E-state index is 14.0. The van der Waals surface area contributed by atoms with Gasteiger partial charge < -0.3 is 29.4 Å². The van der Waals surface area contributed by atoms with Crippen molar-refractivity contribution in [1.82, 2.24) is 0 Å². The smallest absolute Gasteiger partial charge is 0.338 e. The molecule has 2 N–H and O–H groups in total. The number of allylic oxidation sites excluding steroid dienone is 2. The van der Waals surface area contributed by atoms with E-state index < -0.39 is 11.9 Å². The summed E-state index contributed by atoms with van der Waals surface area (Å²) in [6.07, 6.45) is 0.886. The summed E-state index contributed by atoms with van der Waals surface area (Å²) in [5, 5.41) is 0. The van der Waals surface area contributed by atoms with E-state index in [9.17, 15) is 9.59 Å². The number of carbonyl (C=O) groups is 2. The Kier molecular flexibility index (Phi) is 7.81. The van der Waals surface area contributed by atoms with Gasteiger partial charge in [0.25, 0.3) is 0 Å². The van der Waals surface area contributed by atoms with Gasteiger partial charge in [0.1, 0.15) is 11.6 Å². The molecule has 39 heavy (non-hydrogen) atoms. The van der Waals surface area contributed by atoms with Gasteiger partial charge in [-0.2, -0.15) is 0 Å². The molecule has 4 rings (SSSR count). The van der Waals surface area contributed by atoms with Gasteiger partial charge in [0.2, 0.25) is 5.75 Å². The van der Waals surface area contributed by atoms with Crippen LogP contribution in [-0.4, -0.2) is 46.8 Å². The van der Waals surface area contributed by atoms with E-state index in [0.29, 0.717) is 52.7 Å². The number of nitrogens with zero attached hydrogens (tertiary/aromatic N) is 1. The predicted molar refractivity (Wildman–Crippen MR) is 147 cm³/mol. The van der Waals surface area contributed by atoms with Crippen LogP contribution in [0, 0.1) is 5.41 Å². The minimum Gasteiger partial charge on any atom is -0.497 e. The van der Waals surface area contributed by atoms with Crippen LogP contribution in [0.3, 0.4) is 0 Å². The molecule has 9 nitrogen and oxygen atoms in total. The molecule has 0 aromatic heterocycles. The van der Waals surface area contributed by atoms with Crippen molar-refractivity contribution in [3.05, 3.63) is 64.6 Å². The Morgan fingerprint density at radius 3 is 2.10 bits per heavy atom. The Morgan fingerprint density at radius 1 is 0.974 bits per heavy atom. The highest BCUT2D eigenvalue weighted by Crippen LogP contribution is 2.52. The van der Waals surface area contributed by atoms with Crippen molar-refractivity contribution >= 4 is 17.4 Å². The molecule has 0 amide bonds. The summed E-state index contributed by atoms with van der Waals surface area (Å²) in [5.41, 5.74) is 9.27. The topological polar surface area (TPSA) is 110 Å². The summed E-state index contributed by atoms with van der Waals surface area (Å²) < 4.78 is 27.5. The van der Waals surface area contributed by atoms with Crippen molar-refractivity contribution in [2.45, 2.75) is 39.5 Å². The third-order valence-electron chi connectivity index (χ3n) is 7.11. The summed E-state index contributed by atoms with van der Waals surface area (Å²) in [6.45, 7) is 5.98. The van der Waals surface area contributed by atoms with Gasteiger partial charge in [-0.1, -0.05) is 13.8 Å². The molecule has 0 unspecified atom stereocenters. The summed E-state index contributed by atoms with van der Waals surface area (Å²) in [6, 6.07) is 10.8. The number of benzene rings is 2. The second-order valence-corrected chi connectivity index (χ2v) is 10.2. The highest BCUT2D eigenvalue weighted by molar-refractivity contribution is 6.05. The zero-order chi connectivity index (χ0) is 28.5. The maximum atomic E-state index is 14.0. The van der Waals surface area contributed by atoms with Crippen molar-refractivity contribution in [2.75, 3.05) is 39.9 Å². The predicted octanol–water partition coefficient (Wildman–Crippen LogP) is 4.70. The molecule has 0 radical (unpaired) electrons. The van der Waals surface area contributed by atoms with E-state index in [1.165, 1.54) is 21.3 Å². The molecule has 0 saturated heterocycles. The summed E-state index contributed by atoms with van der Waals surface area (Å²) >= 11 is 0. The van der Waals surface area contributed by atoms with E-state index in [2.05, 4.69) is 13.8 Å². The molecular formula is C30H36N2O7. The van der Waals surface area contributed by atoms with E-state index in [0.717, 1.165) is 5.70 Å². The Hall–Kier alpha value is -4.14. The average Bonchev–Trinajstić information content (AvgIpc) is 2.91. The van der Waals surface area contributed by atoms with Gasteiger partial charge in [-0.15, -0.1) is 0 Å². The first-order chi connectivity index (χ1) is 18.6. The van der Waals surface area contributed by atoms with E-state index in [1.54, 1.807) is 31.1 Å². The monoisotopic (exact) mass is 536 g/mol. The van der Waals surface area contributed by atoms with Crippen molar-refractivity contribution in [1.29, 1.82) is 0 Å². The Labute approximate surface area is 229 Å². The lowest BCUT2D eigenvalue weighted by atomic mass is 9.68. The molecule has 0 fully saturated rings. The highest BCUT2D eigenvalue weighted by atomic mass is 16.5. The SMILES string of the molecule is CCOC(=O)C1=C(N)N(c2ccc(OC)cc2)C2=C(C(=O)CC(C)(C)C2)[C@H]1c1cc(OC)c(OC)c(OC)c1. The van der Waals surface area contributed by atoms with Crippen LogP contribution in [0.25, 0.3) is 0 Å². The second kappa shape index (κ2) is 10.9. The zero-order valence-corrected chi connectivity index (χ0v) is 23.5. The number of Topliss-reactive ketones (excluding diaryl/α,β-unsaturated/α-hetero) is 1. The van der Waals surface area contributed by atoms with Gasteiger partial charge >= 0.3 is 5.97 Å². The summed E-state index contributed by atoms with van der Waals surface area (Å²) in [5.74, 6) is 0.610. The lowest BCUT2D eigenvalue weighted by Crippen LogP contribution is -2.43. The van der Waals surface area contributed by atoms with Gasteiger partial charge in [0, 0.05) is 23.4 Å². The third-order valence-corrected chi connectivity index (χ3v) is 7.11. The molecule has 0 saturated carbocycles. The first kappa shape index (κ1) is 27.9. The number of ketones is 1. The molecular weight excluding hydrogens is 500 g/mol. The molecule has 1 heterocycles. The van der Waals surface area contributed by atoms with E-state index >= 15 is 0 Å². The number of rotatable bonds is 8. The maximum Gasteiger partial charge on any atom is 0.338 e. The van der Waals surface area contributed by atoms with Gasteiger partial charge in [-0.25, -0.2) is 4.79 Å². The number of carbonyl (C=O) groups excluding carboxylic acids is 2. The number of anilines is 1. The first-order valence-corrected chi connectivity index (χ1v) is 12.8. The molecule has 0 bridgehead atoms. The van der Waals surface area contributed by atoms with E-state index in [1.807, 2.05) is 24.3 Å². The van der Waals surface area contributed by atoms with E-state index in [4.69, 9.17) is 29.4 Å². The number of nitrogens with two attached hydrogens (primary N) is 1. The quantitative estimate of drug-likeness (QED) is 0.480. The van der Waals surface area contributed by atoms with Crippen LogP contribution >= 0.6 is 0 Å². The molecule has 1 aliphatic heterocycles. The number of methoxy groups -OCH3 is 4. The van der Waals surface area contributed by atoms with Crippen LogP contribution in [0.4, 0.5) is 5.69 Å². The number of hydrogen-bond acceptors (Lipinski definition) is 9. The minimum absolute atomic E-state index is 0.0622. The molecule has 2 aromatic carbocycles. The Bertz CT molecular complexity index is 1320. The molecule has 2 aliphatic rings. The van der Waals surface area contributed by atoms with Gasteiger partial charge in [0.15, 0.2) is 17.3 Å². The fourth-order valence-corrected chi connectivity index (χ4v) is 5.45. The van der Waals surface area contributed by atoms with Gasteiger partial charge in [-0.3, -0.25) is 9.69 Å². The van der Waals surface area contributed by atoms with Gasteiger partial charge in [0.05, 0.1) is 46.5 Å². The van der Waals surface area contributed by atoms with Crippen molar-refractivity contribution in [3.8, 4) is 23.0 Å². The molecule has 9 heteroatoms. The van der Waals surface area contributed by atoms with Crippen LogP contribution in [0.5, 0.6) is 23.0 Å². The van der Waals surface area contributed by atoms with Crippen LogP contribution in [0.2, 0.25) is 0 Å². The number of ether oxygens (including phenoxy) is 5. The summed E-state index contributed by atoms with van der Waals surface area (Å²) in [7, 11) is 6.14. The molecule has 2 aromatic rings. The molecule has 1 atom stereocenters. The zero-order valence-electron chi connectivity index (χ0n) is 23.5.